The van der Waals surface area contributed by atoms with Crippen molar-refractivity contribution in [1.82, 2.24) is 14.6 Å². The topological polar surface area (TPSA) is 158 Å². The van der Waals surface area contributed by atoms with E-state index in [0.717, 1.165) is 4.57 Å². The van der Waals surface area contributed by atoms with Gasteiger partial charge in [0.15, 0.2) is 6.23 Å². The van der Waals surface area contributed by atoms with Crippen molar-refractivity contribution in [2.24, 2.45) is 0 Å². The van der Waals surface area contributed by atoms with Gasteiger partial charge in [-0.05, 0) is 45.9 Å². The molecule has 0 fully saturated rings. The zero-order valence-electron chi connectivity index (χ0n) is 20.9. The summed E-state index contributed by atoms with van der Waals surface area (Å²) in [7, 11) is -2.96. The highest BCUT2D eigenvalue weighted by atomic mass is 31.1. The standard InChI is InChI=1S/C23H32FN4O8P/c1-14(2)35-22(31)15(3)27-37(33)34-13-18(16(4)29)36-20(12-24)28-11-10-19(26-23(28)32)25-21(30)17-8-6-5-7-9-17/h5-11,14-16,18,20,29,37H,12-13H2,1-4H3,(H,27,33)(H,25,26,30,32)/t15-,16-,18+,20+/m0/s1. The lowest BCUT2D eigenvalue weighted by molar-refractivity contribution is -0.149. The highest BCUT2D eigenvalue weighted by molar-refractivity contribution is 7.36. The highest BCUT2D eigenvalue weighted by Gasteiger charge is 2.25. The van der Waals surface area contributed by atoms with Crippen LogP contribution in [0.1, 0.15) is 44.3 Å². The first-order valence-corrected chi connectivity index (χ1v) is 12.8. The minimum Gasteiger partial charge on any atom is -0.462 e. The lowest BCUT2D eigenvalue weighted by Crippen LogP contribution is -2.38. The van der Waals surface area contributed by atoms with Gasteiger partial charge in [0.05, 0.1) is 18.8 Å². The Morgan fingerprint density at radius 3 is 2.41 bits per heavy atom. The number of nitrogens with zero attached hydrogens (tertiary/aromatic N) is 2. The summed E-state index contributed by atoms with van der Waals surface area (Å²) in [5.74, 6) is -1.14. The predicted octanol–water partition coefficient (Wildman–Crippen LogP) is 2.07. The molecule has 1 amide bonds. The fraction of sp³-hybridized carbons (Fsp3) is 0.478. The average Bonchev–Trinajstić information content (AvgIpc) is 2.84. The summed E-state index contributed by atoms with van der Waals surface area (Å²) < 4.78 is 42.6. The van der Waals surface area contributed by atoms with E-state index in [1.165, 1.54) is 26.1 Å². The second-order valence-electron chi connectivity index (χ2n) is 8.30. The number of ether oxygens (including phenoxy) is 2. The minimum absolute atomic E-state index is 0.0436. The van der Waals surface area contributed by atoms with Crippen LogP contribution in [-0.2, 0) is 23.4 Å². The lowest BCUT2D eigenvalue weighted by atomic mass is 10.2. The molecule has 0 radical (unpaired) electrons. The van der Waals surface area contributed by atoms with Crippen LogP contribution in [0.2, 0.25) is 0 Å². The molecule has 12 nitrogen and oxygen atoms in total. The molecule has 0 saturated heterocycles. The Kier molecular flexibility index (Phi) is 12.0. The Bertz CT molecular complexity index is 1120. The number of rotatable bonds is 14. The smallest absolute Gasteiger partial charge is 0.351 e. The number of alkyl halides is 1. The van der Waals surface area contributed by atoms with E-state index in [9.17, 15) is 28.4 Å². The van der Waals surface area contributed by atoms with Crippen molar-refractivity contribution in [3.63, 3.8) is 0 Å². The number of aliphatic hydroxyl groups is 1. The number of hydrogen-bond donors (Lipinski definition) is 3. The van der Waals surface area contributed by atoms with Crippen LogP contribution >= 0.6 is 8.18 Å². The molecule has 0 bridgehead atoms. The molecular formula is C23H32FN4O8P. The van der Waals surface area contributed by atoms with Crippen LogP contribution in [0.25, 0.3) is 0 Å². The summed E-state index contributed by atoms with van der Waals surface area (Å²) in [5.41, 5.74) is -0.551. The Hall–Kier alpha value is -2.96. The zero-order valence-corrected chi connectivity index (χ0v) is 21.9. The van der Waals surface area contributed by atoms with Crippen molar-refractivity contribution in [2.75, 3.05) is 18.6 Å². The first-order valence-electron chi connectivity index (χ1n) is 11.5. The van der Waals surface area contributed by atoms with Crippen LogP contribution in [0, 0.1) is 0 Å². The Morgan fingerprint density at radius 1 is 1.16 bits per heavy atom. The van der Waals surface area contributed by atoms with E-state index in [-0.39, 0.29) is 11.9 Å². The molecule has 2 rings (SSSR count). The predicted molar refractivity (Wildman–Crippen MR) is 133 cm³/mol. The second kappa shape index (κ2) is 14.7. The van der Waals surface area contributed by atoms with Crippen molar-refractivity contribution in [3.05, 3.63) is 58.6 Å². The Balaban J connectivity index is 2.01. The third kappa shape index (κ3) is 9.78. The molecule has 3 N–H and O–H groups in total. The maximum Gasteiger partial charge on any atom is 0.351 e. The zero-order chi connectivity index (χ0) is 27.5. The van der Waals surface area contributed by atoms with E-state index < -0.39 is 63.5 Å². The van der Waals surface area contributed by atoms with Crippen molar-refractivity contribution < 1.29 is 37.6 Å². The van der Waals surface area contributed by atoms with Gasteiger partial charge in [0.25, 0.3) is 14.1 Å². The third-order valence-corrected chi connectivity index (χ3v) is 5.94. The van der Waals surface area contributed by atoms with E-state index in [1.807, 2.05) is 0 Å². The number of esters is 1. The van der Waals surface area contributed by atoms with Gasteiger partial charge in [-0.15, -0.1) is 0 Å². The van der Waals surface area contributed by atoms with Crippen molar-refractivity contribution in [3.8, 4) is 0 Å². The van der Waals surface area contributed by atoms with Gasteiger partial charge in [0.1, 0.15) is 24.6 Å². The van der Waals surface area contributed by atoms with Gasteiger partial charge in [-0.25, -0.2) is 14.3 Å². The third-order valence-electron chi connectivity index (χ3n) is 4.84. The number of aromatic nitrogens is 2. The first-order chi connectivity index (χ1) is 17.5. The van der Waals surface area contributed by atoms with Gasteiger partial charge in [0.2, 0.25) is 0 Å². The summed E-state index contributed by atoms with van der Waals surface area (Å²) in [4.78, 5) is 40.3. The normalized spacial score (nSPS) is 15.4. The molecule has 0 saturated carbocycles. The molecule has 0 spiro atoms. The number of carbonyl (C=O) groups is 2. The maximum atomic E-state index is 13.8. The molecule has 0 aliphatic heterocycles. The van der Waals surface area contributed by atoms with Gasteiger partial charge in [-0.2, -0.15) is 4.98 Å². The second-order valence-corrected chi connectivity index (χ2v) is 9.45. The SMILES string of the molecule is CC(C)OC(=O)[C@H](C)N[PH](=O)OC[C@@H](O[C@H](CF)n1ccc(NC(=O)c2ccccc2)nc1=O)[C@H](C)O. The summed E-state index contributed by atoms with van der Waals surface area (Å²) in [5, 5.41) is 15.0. The molecule has 1 aromatic heterocycles. The molecule has 1 aromatic carbocycles. The van der Waals surface area contributed by atoms with Gasteiger partial charge in [-0.3, -0.25) is 18.7 Å². The first kappa shape index (κ1) is 30.3. The molecule has 204 valence electrons. The Morgan fingerprint density at radius 2 is 1.84 bits per heavy atom. The van der Waals surface area contributed by atoms with Crippen molar-refractivity contribution >= 4 is 25.9 Å². The summed E-state index contributed by atoms with van der Waals surface area (Å²) >= 11 is 0. The fourth-order valence-corrected chi connectivity index (χ4v) is 3.79. The molecule has 1 heterocycles. The molecule has 5 atom stereocenters. The quantitative estimate of drug-likeness (QED) is 0.238. The summed E-state index contributed by atoms with van der Waals surface area (Å²) in [6.07, 6.45) is -3.03. The molecule has 1 unspecified atom stereocenters. The average molecular weight is 543 g/mol. The number of aliphatic hydroxyl groups excluding tert-OH is 1. The molecule has 0 aliphatic rings. The largest absolute Gasteiger partial charge is 0.462 e. The van der Waals surface area contributed by atoms with Crippen LogP contribution in [0.15, 0.2) is 47.4 Å². The molecule has 37 heavy (non-hydrogen) atoms. The number of amides is 1. The van der Waals surface area contributed by atoms with E-state index >= 15 is 0 Å². The molecular weight excluding hydrogens is 510 g/mol. The number of nitrogens with one attached hydrogen (secondary N) is 2. The number of hydrogen-bond acceptors (Lipinski definition) is 9. The van der Waals surface area contributed by atoms with Gasteiger partial charge >= 0.3 is 11.7 Å². The monoisotopic (exact) mass is 542 g/mol. The number of carbonyl (C=O) groups excluding carboxylic acids is 2. The molecule has 14 heteroatoms. The van der Waals surface area contributed by atoms with E-state index in [1.54, 1.807) is 44.2 Å². The van der Waals surface area contributed by atoms with Gasteiger partial charge < -0.3 is 24.4 Å². The highest BCUT2D eigenvalue weighted by Crippen LogP contribution is 2.22. The number of halogens is 1. The van der Waals surface area contributed by atoms with Crippen LogP contribution in [0.5, 0.6) is 0 Å². The van der Waals surface area contributed by atoms with Crippen LogP contribution in [-0.4, -0.2) is 64.2 Å². The summed E-state index contributed by atoms with van der Waals surface area (Å²) in [6, 6.07) is 8.67. The van der Waals surface area contributed by atoms with Gasteiger partial charge in [0, 0.05) is 11.8 Å². The minimum atomic E-state index is -2.96. The summed E-state index contributed by atoms with van der Waals surface area (Å²) in [6.45, 7) is 4.55. The van der Waals surface area contributed by atoms with Crippen molar-refractivity contribution in [2.45, 2.75) is 58.3 Å². The number of benzene rings is 1. The fourth-order valence-electron chi connectivity index (χ4n) is 2.92. The number of anilines is 1. The van der Waals surface area contributed by atoms with Crippen LogP contribution in [0.3, 0.4) is 0 Å². The van der Waals surface area contributed by atoms with Gasteiger partial charge in [-0.1, -0.05) is 18.2 Å². The van der Waals surface area contributed by atoms with E-state index in [0.29, 0.717) is 5.56 Å². The van der Waals surface area contributed by atoms with E-state index in [2.05, 4.69) is 15.4 Å². The molecule has 2 aromatic rings. The van der Waals surface area contributed by atoms with Crippen LogP contribution in [0.4, 0.5) is 10.2 Å². The Labute approximate surface area is 214 Å². The lowest BCUT2D eigenvalue weighted by Gasteiger charge is -2.26. The molecule has 0 aliphatic carbocycles. The van der Waals surface area contributed by atoms with E-state index in [4.69, 9.17) is 14.0 Å². The maximum absolute atomic E-state index is 13.8. The van der Waals surface area contributed by atoms with Crippen molar-refractivity contribution in [1.29, 1.82) is 0 Å². The van der Waals surface area contributed by atoms with Crippen LogP contribution < -0.4 is 16.1 Å².